The number of ketones is 1. The van der Waals surface area contributed by atoms with E-state index in [-0.39, 0.29) is 11.7 Å². The second-order valence-corrected chi connectivity index (χ2v) is 9.96. The molecule has 5 rings (SSSR count). The molecule has 0 aliphatic carbocycles. The zero-order valence-electron chi connectivity index (χ0n) is 22.4. The van der Waals surface area contributed by atoms with E-state index in [0.717, 1.165) is 35.7 Å². The van der Waals surface area contributed by atoms with Crippen LogP contribution >= 0.6 is 11.6 Å². The van der Waals surface area contributed by atoms with Crippen LogP contribution in [0, 0.1) is 0 Å². The van der Waals surface area contributed by atoms with Crippen LogP contribution in [0.5, 0.6) is 5.75 Å². The summed E-state index contributed by atoms with van der Waals surface area (Å²) in [5, 5.41) is 7.26. The van der Waals surface area contributed by atoms with Gasteiger partial charge in [-0.25, -0.2) is 5.01 Å². The quantitative estimate of drug-likeness (QED) is 0.399. The first-order chi connectivity index (χ1) is 18.9. The molecule has 39 heavy (non-hydrogen) atoms. The van der Waals surface area contributed by atoms with Crippen LogP contribution in [-0.4, -0.2) is 55.7 Å². The number of amidine groups is 1. The topological polar surface area (TPSA) is 68.7 Å². The van der Waals surface area contributed by atoms with Crippen LogP contribution in [0.15, 0.2) is 77.9 Å². The summed E-state index contributed by atoms with van der Waals surface area (Å²) in [6, 6.07) is 23.3. The van der Waals surface area contributed by atoms with Gasteiger partial charge in [-0.3, -0.25) is 14.5 Å². The minimum absolute atomic E-state index is 0.146. The van der Waals surface area contributed by atoms with Gasteiger partial charge in [0.25, 0.3) is 0 Å². The Morgan fingerprint density at radius 3 is 2.13 bits per heavy atom. The van der Waals surface area contributed by atoms with Crippen molar-refractivity contribution in [2.75, 3.05) is 48.1 Å². The molecule has 0 radical (unpaired) electrons. The van der Waals surface area contributed by atoms with Gasteiger partial charge in [0.15, 0.2) is 17.8 Å². The summed E-state index contributed by atoms with van der Waals surface area (Å²) in [7, 11) is 1.64. The highest BCUT2D eigenvalue weighted by Gasteiger charge is 2.40. The average molecular weight is 546 g/mol. The Bertz CT molecular complexity index is 1370. The smallest absolute Gasteiger partial charge is 0.222 e. The Balaban J connectivity index is 1.51. The lowest BCUT2D eigenvalue weighted by atomic mass is 10.1. The molecule has 0 unspecified atom stereocenters. The van der Waals surface area contributed by atoms with E-state index in [1.165, 1.54) is 6.92 Å². The van der Waals surface area contributed by atoms with Gasteiger partial charge in [-0.15, -0.1) is 5.10 Å². The standard InChI is InChI=1S/C30H32ClN5O3/c1-4-28(38)34-19-17-33(18-20-34)23-13-15-24(16-14-23)35-29(21(2)37)32-36(25-11-9-22(31)10-12-25)30(35)26-7-5-6-8-27(26)39-3/h5-16,30H,4,17-20H2,1-3H3/t30-/m1/s1. The van der Waals surface area contributed by atoms with Crippen molar-refractivity contribution in [2.45, 2.75) is 26.4 Å². The molecule has 9 heteroatoms. The second kappa shape index (κ2) is 11.4. The zero-order chi connectivity index (χ0) is 27.5. The molecule has 0 aromatic heterocycles. The summed E-state index contributed by atoms with van der Waals surface area (Å²) in [5.74, 6) is 1.08. The van der Waals surface area contributed by atoms with Crippen LogP contribution in [0.2, 0.25) is 5.02 Å². The van der Waals surface area contributed by atoms with E-state index in [4.69, 9.17) is 21.4 Å². The maximum atomic E-state index is 12.9. The molecule has 2 aliphatic rings. The van der Waals surface area contributed by atoms with Crippen molar-refractivity contribution in [1.82, 2.24) is 4.90 Å². The number of hydrogen-bond acceptors (Lipinski definition) is 7. The van der Waals surface area contributed by atoms with Crippen molar-refractivity contribution >= 4 is 46.2 Å². The van der Waals surface area contributed by atoms with Crippen LogP contribution in [0.25, 0.3) is 0 Å². The first kappa shape index (κ1) is 26.6. The lowest BCUT2D eigenvalue weighted by molar-refractivity contribution is -0.131. The molecular weight excluding hydrogens is 514 g/mol. The maximum absolute atomic E-state index is 12.9. The first-order valence-corrected chi connectivity index (χ1v) is 13.5. The van der Waals surface area contributed by atoms with E-state index >= 15 is 0 Å². The zero-order valence-corrected chi connectivity index (χ0v) is 23.1. The number of carbonyl (C=O) groups is 2. The van der Waals surface area contributed by atoms with Crippen molar-refractivity contribution in [2.24, 2.45) is 5.10 Å². The molecule has 1 atom stereocenters. The largest absolute Gasteiger partial charge is 0.496 e. The summed E-state index contributed by atoms with van der Waals surface area (Å²) < 4.78 is 5.73. The van der Waals surface area contributed by atoms with Gasteiger partial charge in [0.1, 0.15) is 5.75 Å². The van der Waals surface area contributed by atoms with Gasteiger partial charge in [0, 0.05) is 61.5 Å². The van der Waals surface area contributed by atoms with Crippen molar-refractivity contribution in [3.63, 3.8) is 0 Å². The van der Waals surface area contributed by atoms with Crippen molar-refractivity contribution in [1.29, 1.82) is 0 Å². The molecule has 3 aromatic carbocycles. The van der Waals surface area contributed by atoms with Gasteiger partial charge in [0.05, 0.1) is 12.8 Å². The summed E-state index contributed by atoms with van der Waals surface area (Å²) >= 11 is 6.17. The number of methoxy groups -OCH3 is 1. The molecule has 2 heterocycles. The summed E-state index contributed by atoms with van der Waals surface area (Å²) in [6.07, 6.45) is 0.0704. The Labute approximate surface area is 234 Å². The van der Waals surface area contributed by atoms with E-state index in [0.29, 0.717) is 36.1 Å². The number of Topliss-reactive ketones (excluding diaryl/α,β-unsaturated/α-hetero) is 1. The molecule has 1 amide bonds. The molecule has 0 spiro atoms. The molecule has 1 fully saturated rings. The fourth-order valence-electron chi connectivity index (χ4n) is 5.14. The van der Waals surface area contributed by atoms with E-state index in [2.05, 4.69) is 17.0 Å². The molecule has 0 N–H and O–H groups in total. The third-order valence-electron chi connectivity index (χ3n) is 7.16. The number of ether oxygens (including phenoxy) is 1. The first-order valence-electron chi connectivity index (χ1n) is 13.1. The normalized spacial score (nSPS) is 17.3. The number of anilines is 3. The highest BCUT2D eigenvalue weighted by Crippen LogP contribution is 2.42. The Hall–Kier alpha value is -4.04. The molecule has 3 aromatic rings. The number of nitrogens with zero attached hydrogens (tertiary/aromatic N) is 5. The minimum Gasteiger partial charge on any atom is -0.496 e. The third-order valence-corrected chi connectivity index (χ3v) is 7.41. The van der Waals surface area contributed by atoms with Gasteiger partial charge >= 0.3 is 0 Å². The fraction of sp³-hybridized carbons (Fsp3) is 0.300. The SMILES string of the molecule is CCC(=O)N1CCN(c2ccc(N3C(C(C)=O)=NN(c4ccc(Cl)cc4)[C@@H]3c3ccccc3OC)cc2)CC1. The summed E-state index contributed by atoms with van der Waals surface area (Å²) in [4.78, 5) is 31.2. The molecule has 2 aliphatic heterocycles. The van der Waals surface area contributed by atoms with E-state index in [1.54, 1.807) is 7.11 Å². The van der Waals surface area contributed by atoms with Crippen LogP contribution in [0.1, 0.15) is 32.0 Å². The number of hydrogen-bond donors (Lipinski definition) is 0. The van der Waals surface area contributed by atoms with Gasteiger partial charge < -0.3 is 14.5 Å². The molecule has 202 valence electrons. The second-order valence-electron chi connectivity index (χ2n) is 9.52. The lowest BCUT2D eigenvalue weighted by Crippen LogP contribution is -2.48. The predicted octanol–water partition coefficient (Wildman–Crippen LogP) is 5.34. The molecule has 1 saturated heterocycles. The fourth-order valence-corrected chi connectivity index (χ4v) is 5.26. The minimum atomic E-state index is -0.462. The number of hydrazone groups is 1. The van der Waals surface area contributed by atoms with E-state index in [9.17, 15) is 9.59 Å². The van der Waals surface area contributed by atoms with Crippen LogP contribution < -0.4 is 19.5 Å². The average Bonchev–Trinajstić information content (AvgIpc) is 3.38. The monoisotopic (exact) mass is 545 g/mol. The number of rotatable bonds is 7. The van der Waals surface area contributed by atoms with Crippen LogP contribution in [0.4, 0.5) is 17.1 Å². The Morgan fingerprint density at radius 1 is 0.897 bits per heavy atom. The number of benzene rings is 3. The number of halogens is 1. The highest BCUT2D eigenvalue weighted by molar-refractivity contribution is 6.44. The third kappa shape index (κ3) is 5.29. The predicted molar refractivity (Wildman–Crippen MR) is 156 cm³/mol. The van der Waals surface area contributed by atoms with E-state index in [1.807, 2.05) is 82.4 Å². The van der Waals surface area contributed by atoms with Gasteiger partial charge in [0.2, 0.25) is 5.91 Å². The van der Waals surface area contributed by atoms with Gasteiger partial charge in [-0.1, -0.05) is 36.7 Å². The number of amides is 1. The Morgan fingerprint density at radius 2 is 1.51 bits per heavy atom. The van der Waals surface area contributed by atoms with Crippen molar-refractivity contribution in [3.8, 4) is 5.75 Å². The van der Waals surface area contributed by atoms with Crippen molar-refractivity contribution < 1.29 is 14.3 Å². The van der Waals surface area contributed by atoms with Gasteiger partial charge in [-0.05, 0) is 54.6 Å². The lowest BCUT2D eigenvalue weighted by Gasteiger charge is -2.36. The van der Waals surface area contributed by atoms with Crippen molar-refractivity contribution in [3.05, 3.63) is 83.4 Å². The number of carbonyl (C=O) groups excluding carboxylic acids is 2. The molecule has 8 nitrogen and oxygen atoms in total. The van der Waals surface area contributed by atoms with Crippen LogP contribution in [-0.2, 0) is 9.59 Å². The summed E-state index contributed by atoms with van der Waals surface area (Å²) in [6.45, 7) is 6.42. The van der Waals surface area contributed by atoms with E-state index < -0.39 is 6.17 Å². The number of piperazine rings is 1. The maximum Gasteiger partial charge on any atom is 0.222 e. The molecule has 0 bridgehead atoms. The van der Waals surface area contributed by atoms with Gasteiger partial charge in [-0.2, -0.15) is 0 Å². The number of para-hydroxylation sites is 1. The molecular formula is C30H32ClN5O3. The molecule has 0 saturated carbocycles. The van der Waals surface area contributed by atoms with Crippen LogP contribution in [0.3, 0.4) is 0 Å². The summed E-state index contributed by atoms with van der Waals surface area (Å²) in [5.41, 5.74) is 3.58. The Kier molecular flexibility index (Phi) is 7.74. The highest BCUT2D eigenvalue weighted by atomic mass is 35.5.